The zero-order valence-corrected chi connectivity index (χ0v) is 16.6. The van der Waals surface area contributed by atoms with Gasteiger partial charge in [-0.15, -0.1) is 11.3 Å². The molecule has 1 atom stereocenters. The Bertz CT molecular complexity index is 924. The third kappa shape index (κ3) is 4.05. The van der Waals surface area contributed by atoms with Gasteiger partial charge in [-0.25, -0.2) is 4.79 Å². The van der Waals surface area contributed by atoms with Crippen LogP contribution in [-0.2, 0) is 17.7 Å². The van der Waals surface area contributed by atoms with Gasteiger partial charge < -0.3 is 15.0 Å². The molecule has 1 unspecified atom stereocenters. The fourth-order valence-electron chi connectivity index (χ4n) is 3.28. The van der Waals surface area contributed by atoms with Crippen molar-refractivity contribution in [3.63, 3.8) is 0 Å². The van der Waals surface area contributed by atoms with Crippen molar-refractivity contribution in [2.24, 2.45) is 0 Å². The number of esters is 1. The molecule has 1 amide bonds. The Morgan fingerprint density at radius 3 is 2.82 bits per heavy atom. The largest absolute Gasteiger partial charge is 0.462 e. The first kappa shape index (κ1) is 20.0. The second-order valence-corrected chi connectivity index (χ2v) is 7.58. The summed E-state index contributed by atoms with van der Waals surface area (Å²) in [4.78, 5) is 38.1. The molecule has 148 valence electrons. The first-order valence-corrected chi connectivity index (χ1v) is 9.97. The van der Waals surface area contributed by atoms with Crippen LogP contribution in [0.3, 0.4) is 0 Å². The first-order chi connectivity index (χ1) is 13.4. The van der Waals surface area contributed by atoms with Crippen LogP contribution >= 0.6 is 11.3 Å². The summed E-state index contributed by atoms with van der Waals surface area (Å²) in [6.07, 6.45) is 0.746. The van der Waals surface area contributed by atoms with E-state index in [4.69, 9.17) is 4.74 Å². The molecule has 0 spiro atoms. The highest BCUT2D eigenvalue weighted by Crippen LogP contribution is 2.35. The van der Waals surface area contributed by atoms with Crippen LogP contribution in [-0.4, -0.2) is 36.5 Å². The summed E-state index contributed by atoms with van der Waals surface area (Å²) >= 11 is 1.38. The number of ether oxygens (including phenoxy) is 1. The molecule has 28 heavy (non-hydrogen) atoms. The Morgan fingerprint density at radius 2 is 2.14 bits per heavy atom. The normalized spacial score (nSPS) is 15.6. The van der Waals surface area contributed by atoms with Gasteiger partial charge in [0.05, 0.1) is 35.1 Å². The van der Waals surface area contributed by atoms with Crippen molar-refractivity contribution in [3.05, 3.63) is 55.9 Å². The van der Waals surface area contributed by atoms with Gasteiger partial charge in [0.25, 0.3) is 11.6 Å². The summed E-state index contributed by atoms with van der Waals surface area (Å²) in [5, 5.41) is 14.2. The summed E-state index contributed by atoms with van der Waals surface area (Å²) in [7, 11) is 0. The highest BCUT2D eigenvalue weighted by molar-refractivity contribution is 7.17. The molecular formula is C19H22N3O5S+. The number of likely N-dealkylation sites (N-methyl/N-ethyl adjacent to an activating group) is 1. The molecule has 0 radical (unpaired) electrons. The lowest BCUT2D eigenvalue weighted by atomic mass is 10.0. The fraction of sp³-hybridized carbons (Fsp3) is 0.368. The lowest BCUT2D eigenvalue weighted by molar-refractivity contribution is -0.913. The predicted molar refractivity (Wildman–Crippen MR) is 105 cm³/mol. The third-order valence-corrected chi connectivity index (χ3v) is 5.90. The van der Waals surface area contributed by atoms with E-state index < -0.39 is 16.8 Å². The number of hydrogen-bond donors (Lipinski definition) is 2. The number of benzene rings is 1. The molecule has 0 saturated heterocycles. The average molecular weight is 404 g/mol. The van der Waals surface area contributed by atoms with Gasteiger partial charge in [-0.1, -0.05) is 6.07 Å². The van der Waals surface area contributed by atoms with E-state index in [1.54, 1.807) is 6.92 Å². The van der Waals surface area contributed by atoms with Crippen LogP contribution in [0, 0.1) is 10.1 Å². The number of carbonyl (C=O) groups is 2. The maximum Gasteiger partial charge on any atom is 0.341 e. The van der Waals surface area contributed by atoms with Gasteiger partial charge >= 0.3 is 5.97 Å². The van der Waals surface area contributed by atoms with Crippen molar-refractivity contribution in [2.75, 3.05) is 25.0 Å². The summed E-state index contributed by atoms with van der Waals surface area (Å²) in [5.41, 5.74) is 1.35. The molecule has 0 bridgehead atoms. The predicted octanol–water partition coefficient (Wildman–Crippen LogP) is 2.05. The minimum Gasteiger partial charge on any atom is -0.462 e. The second kappa shape index (κ2) is 8.49. The van der Waals surface area contributed by atoms with Crippen molar-refractivity contribution in [3.8, 4) is 0 Å². The van der Waals surface area contributed by atoms with Gasteiger partial charge in [-0.2, -0.15) is 0 Å². The van der Waals surface area contributed by atoms with Crippen molar-refractivity contribution in [1.29, 1.82) is 0 Å². The summed E-state index contributed by atoms with van der Waals surface area (Å²) in [6, 6.07) is 5.51. The van der Waals surface area contributed by atoms with Gasteiger partial charge in [0.15, 0.2) is 0 Å². The molecule has 3 rings (SSSR count). The highest BCUT2D eigenvalue weighted by Gasteiger charge is 2.31. The average Bonchev–Trinajstić information content (AvgIpc) is 3.04. The van der Waals surface area contributed by atoms with E-state index in [2.05, 4.69) is 12.2 Å². The molecular weight excluding hydrogens is 382 g/mol. The minimum absolute atomic E-state index is 0.161. The molecule has 9 heteroatoms. The van der Waals surface area contributed by atoms with Crippen LogP contribution < -0.4 is 10.2 Å². The number of quaternary nitrogens is 1. The molecule has 1 aromatic heterocycles. The van der Waals surface area contributed by atoms with Crippen LogP contribution in [0.5, 0.6) is 0 Å². The standard InChI is InChI=1S/C19H21N3O5S/c1-3-21-9-8-14-15(11-21)28-18(16(14)19(24)27-4-2)20-17(23)12-6-5-7-13(10-12)22(25)26/h5-7,10H,3-4,8-9,11H2,1-2H3,(H,20,23)/p+1. The van der Waals surface area contributed by atoms with E-state index in [0.29, 0.717) is 10.6 Å². The number of carbonyl (C=O) groups excluding carboxylic acids is 2. The molecule has 8 nitrogen and oxygen atoms in total. The lowest BCUT2D eigenvalue weighted by Gasteiger charge is -2.22. The van der Waals surface area contributed by atoms with Gasteiger partial charge in [0.1, 0.15) is 11.5 Å². The van der Waals surface area contributed by atoms with Crippen molar-refractivity contribution < 1.29 is 24.1 Å². The Kier molecular flexibility index (Phi) is 6.05. The number of non-ortho nitro benzene ring substituents is 1. The molecule has 2 heterocycles. The summed E-state index contributed by atoms with van der Waals surface area (Å²) < 4.78 is 5.20. The molecule has 0 saturated carbocycles. The van der Waals surface area contributed by atoms with Crippen molar-refractivity contribution >= 4 is 33.9 Å². The van der Waals surface area contributed by atoms with Crippen LogP contribution in [0.25, 0.3) is 0 Å². The number of fused-ring (bicyclic) bond motifs is 1. The number of nitrogens with one attached hydrogen (secondary N) is 2. The Balaban J connectivity index is 1.93. The molecule has 1 aromatic carbocycles. The Labute approximate surface area is 166 Å². The van der Waals surface area contributed by atoms with Gasteiger partial charge in [0, 0.05) is 24.1 Å². The summed E-state index contributed by atoms with van der Waals surface area (Å²) in [6.45, 7) is 6.81. The van der Waals surface area contributed by atoms with Crippen LogP contribution in [0.15, 0.2) is 24.3 Å². The monoisotopic (exact) mass is 404 g/mol. The van der Waals surface area contributed by atoms with Gasteiger partial charge in [-0.05, 0) is 25.5 Å². The topological polar surface area (TPSA) is 103 Å². The van der Waals surface area contributed by atoms with E-state index in [1.807, 2.05) is 0 Å². The number of amides is 1. The quantitative estimate of drug-likeness (QED) is 0.436. The number of thiophene rings is 1. The number of anilines is 1. The van der Waals surface area contributed by atoms with E-state index in [0.717, 1.165) is 36.5 Å². The van der Waals surface area contributed by atoms with E-state index in [1.165, 1.54) is 40.5 Å². The second-order valence-electron chi connectivity index (χ2n) is 6.47. The van der Waals surface area contributed by atoms with Crippen molar-refractivity contribution in [1.82, 2.24) is 0 Å². The molecule has 0 aliphatic carbocycles. The Hall–Kier alpha value is -2.78. The highest BCUT2D eigenvalue weighted by atomic mass is 32.1. The molecule has 2 aromatic rings. The molecule has 1 aliphatic heterocycles. The van der Waals surface area contributed by atoms with E-state index in [9.17, 15) is 19.7 Å². The van der Waals surface area contributed by atoms with Crippen LogP contribution in [0.4, 0.5) is 10.7 Å². The van der Waals surface area contributed by atoms with E-state index >= 15 is 0 Å². The number of nitro benzene ring substituents is 1. The maximum absolute atomic E-state index is 12.7. The minimum atomic E-state index is -0.549. The maximum atomic E-state index is 12.7. The molecule has 0 fully saturated rings. The fourth-order valence-corrected chi connectivity index (χ4v) is 4.58. The van der Waals surface area contributed by atoms with Gasteiger partial charge in [-0.3, -0.25) is 14.9 Å². The number of rotatable bonds is 6. The van der Waals surface area contributed by atoms with E-state index in [-0.39, 0.29) is 17.9 Å². The van der Waals surface area contributed by atoms with Gasteiger partial charge in [0.2, 0.25) is 0 Å². The first-order valence-electron chi connectivity index (χ1n) is 9.15. The number of nitro groups is 1. The SMILES string of the molecule is CCOC(=O)c1c(NC(=O)c2cccc([N+](=O)[O-])c2)sc2c1CC[NH+](CC)C2. The third-order valence-electron chi connectivity index (χ3n) is 4.76. The zero-order valence-electron chi connectivity index (χ0n) is 15.7. The molecule has 2 N–H and O–H groups in total. The zero-order chi connectivity index (χ0) is 20.3. The summed E-state index contributed by atoms with van der Waals surface area (Å²) in [5.74, 6) is -0.943. The van der Waals surface area contributed by atoms with Crippen molar-refractivity contribution in [2.45, 2.75) is 26.8 Å². The Morgan fingerprint density at radius 1 is 1.36 bits per heavy atom. The smallest absolute Gasteiger partial charge is 0.341 e. The lowest BCUT2D eigenvalue weighted by Crippen LogP contribution is -3.11. The van der Waals surface area contributed by atoms with Crippen LogP contribution in [0.2, 0.25) is 0 Å². The number of nitrogens with zero attached hydrogens (tertiary/aromatic N) is 1. The number of hydrogen-bond acceptors (Lipinski definition) is 6. The van der Waals surface area contributed by atoms with Crippen LogP contribution in [0.1, 0.15) is 45.0 Å². The molecule has 1 aliphatic rings.